The van der Waals surface area contributed by atoms with Gasteiger partial charge in [0.15, 0.2) is 16.7 Å². The van der Waals surface area contributed by atoms with Gasteiger partial charge in [-0.3, -0.25) is 14.7 Å². The first-order valence-electron chi connectivity index (χ1n) is 9.37. The average molecular weight is 431 g/mol. The topological polar surface area (TPSA) is 51.1 Å². The van der Waals surface area contributed by atoms with Crippen molar-refractivity contribution in [3.05, 3.63) is 63.5 Å². The smallest absolute Gasteiger partial charge is 0.266 e. The van der Waals surface area contributed by atoms with Gasteiger partial charge >= 0.3 is 0 Å². The Bertz CT molecular complexity index is 945. The molecule has 0 bridgehead atoms. The number of likely N-dealkylation sites (N-methyl/N-ethyl adjacent to an activating group) is 1. The second-order valence-electron chi connectivity index (χ2n) is 6.23. The van der Waals surface area contributed by atoms with E-state index < -0.39 is 0 Å². The third-order valence-corrected chi connectivity index (χ3v) is 5.60. The molecule has 0 spiro atoms. The third-order valence-electron chi connectivity index (χ3n) is 4.27. The quantitative estimate of drug-likeness (QED) is 0.563. The van der Waals surface area contributed by atoms with Crippen LogP contribution in [0.5, 0.6) is 11.5 Å². The molecule has 0 atom stereocenters. The summed E-state index contributed by atoms with van der Waals surface area (Å²) in [5.74, 6) is 0.948. The van der Waals surface area contributed by atoms with Crippen molar-refractivity contribution in [3.8, 4) is 11.5 Å². The lowest BCUT2D eigenvalue weighted by Gasteiger charge is -2.13. The lowest BCUT2D eigenvalue weighted by molar-refractivity contribution is -0.122. The number of rotatable bonds is 7. The molecule has 0 N–H and O–H groups in total. The molecule has 152 valence electrons. The molecule has 1 fully saturated rings. The van der Waals surface area contributed by atoms with Gasteiger partial charge in [0.2, 0.25) is 0 Å². The van der Waals surface area contributed by atoms with E-state index in [1.165, 1.54) is 11.8 Å². The maximum absolute atomic E-state index is 12.7. The molecule has 29 heavy (non-hydrogen) atoms. The molecular weight excluding hydrogens is 408 g/mol. The Morgan fingerprint density at radius 1 is 1.21 bits per heavy atom. The fourth-order valence-corrected chi connectivity index (χ4v) is 4.26. The normalized spacial score (nSPS) is 16.7. The van der Waals surface area contributed by atoms with Crippen molar-refractivity contribution in [3.63, 3.8) is 0 Å². The summed E-state index contributed by atoms with van der Waals surface area (Å²) in [5.41, 5.74) is 1.80. The number of thioether (sulfide) groups is 1. The monoisotopic (exact) mass is 430 g/mol. The predicted molar refractivity (Wildman–Crippen MR) is 120 cm³/mol. The van der Waals surface area contributed by atoms with Crippen molar-refractivity contribution in [2.24, 2.45) is 4.99 Å². The zero-order valence-electron chi connectivity index (χ0n) is 16.6. The zero-order chi connectivity index (χ0) is 20.8. The minimum absolute atomic E-state index is 0.0517. The summed E-state index contributed by atoms with van der Waals surface area (Å²) in [6, 6.07) is 13.4. The number of amides is 1. The summed E-state index contributed by atoms with van der Waals surface area (Å²) in [6.07, 6.45) is 1.81. The SMILES string of the molecule is CCN=C1S/C(=C/c2cc(Cl)c(OCc3ccccc3)c(OC)c2)C(=O)N1CC. The van der Waals surface area contributed by atoms with Gasteiger partial charge in [-0.1, -0.05) is 41.9 Å². The first-order valence-corrected chi connectivity index (χ1v) is 10.6. The van der Waals surface area contributed by atoms with Crippen LogP contribution in [0.25, 0.3) is 6.08 Å². The van der Waals surface area contributed by atoms with Gasteiger partial charge in [0.1, 0.15) is 6.61 Å². The number of nitrogens with zero attached hydrogens (tertiary/aromatic N) is 2. The predicted octanol–water partition coefficient (Wildman–Crippen LogP) is 5.24. The number of hydrogen-bond donors (Lipinski definition) is 0. The van der Waals surface area contributed by atoms with Gasteiger partial charge < -0.3 is 9.47 Å². The van der Waals surface area contributed by atoms with E-state index in [4.69, 9.17) is 21.1 Å². The van der Waals surface area contributed by atoms with E-state index in [-0.39, 0.29) is 5.91 Å². The highest BCUT2D eigenvalue weighted by Gasteiger charge is 2.31. The van der Waals surface area contributed by atoms with Gasteiger partial charge in [0, 0.05) is 13.1 Å². The summed E-state index contributed by atoms with van der Waals surface area (Å²) in [4.78, 5) is 19.4. The highest BCUT2D eigenvalue weighted by molar-refractivity contribution is 8.18. The van der Waals surface area contributed by atoms with Crippen LogP contribution < -0.4 is 9.47 Å². The molecule has 3 rings (SSSR count). The first-order chi connectivity index (χ1) is 14.1. The molecule has 1 aliphatic rings. The van der Waals surface area contributed by atoms with Crippen LogP contribution in [0.2, 0.25) is 5.02 Å². The summed E-state index contributed by atoms with van der Waals surface area (Å²) < 4.78 is 11.4. The third kappa shape index (κ3) is 4.95. The van der Waals surface area contributed by atoms with Crippen molar-refractivity contribution in [2.75, 3.05) is 20.2 Å². The van der Waals surface area contributed by atoms with Crippen molar-refractivity contribution in [2.45, 2.75) is 20.5 Å². The lowest BCUT2D eigenvalue weighted by atomic mass is 10.1. The van der Waals surface area contributed by atoms with E-state index >= 15 is 0 Å². The van der Waals surface area contributed by atoms with Gasteiger partial charge in [-0.25, -0.2) is 0 Å². The Morgan fingerprint density at radius 3 is 2.62 bits per heavy atom. The molecule has 0 saturated carbocycles. The fraction of sp³-hybridized carbons (Fsp3) is 0.273. The van der Waals surface area contributed by atoms with Crippen LogP contribution in [-0.2, 0) is 11.4 Å². The number of halogens is 1. The second kappa shape index (κ2) is 9.85. The van der Waals surface area contributed by atoms with Gasteiger partial charge in [-0.05, 0) is 54.9 Å². The van der Waals surface area contributed by atoms with E-state index in [9.17, 15) is 4.79 Å². The molecule has 5 nitrogen and oxygen atoms in total. The van der Waals surface area contributed by atoms with E-state index in [1.807, 2.05) is 56.3 Å². The van der Waals surface area contributed by atoms with E-state index in [2.05, 4.69) is 4.99 Å². The van der Waals surface area contributed by atoms with Crippen LogP contribution in [0.15, 0.2) is 52.4 Å². The Labute approximate surface area is 180 Å². The Hall–Kier alpha value is -2.44. The zero-order valence-corrected chi connectivity index (χ0v) is 18.2. The Balaban J connectivity index is 1.86. The highest BCUT2D eigenvalue weighted by Crippen LogP contribution is 2.39. The molecule has 0 unspecified atom stereocenters. The Morgan fingerprint density at radius 2 is 1.97 bits per heavy atom. The molecule has 1 saturated heterocycles. The van der Waals surface area contributed by atoms with Gasteiger partial charge in [-0.2, -0.15) is 0 Å². The molecule has 0 radical (unpaired) electrons. The van der Waals surface area contributed by atoms with Crippen LogP contribution in [0.4, 0.5) is 0 Å². The minimum Gasteiger partial charge on any atom is -0.493 e. The number of methoxy groups -OCH3 is 1. The number of carbonyl (C=O) groups excluding carboxylic acids is 1. The molecule has 1 amide bonds. The number of ether oxygens (including phenoxy) is 2. The summed E-state index contributed by atoms with van der Waals surface area (Å²) in [6.45, 7) is 5.48. The number of carbonyl (C=O) groups is 1. The maximum Gasteiger partial charge on any atom is 0.266 e. The second-order valence-corrected chi connectivity index (χ2v) is 7.64. The highest BCUT2D eigenvalue weighted by atomic mass is 35.5. The number of benzene rings is 2. The van der Waals surface area contributed by atoms with Crippen molar-refractivity contribution in [1.82, 2.24) is 4.90 Å². The lowest BCUT2D eigenvalue weighted by Crippen LogP contribution is -2.28. The van der Waals surface area contributed by atoms with Crippen LogP contribution in [0, 0.1) is 0 Å². The van der Waals surface area contributed by atoms with Crippen molar-refractivity contribution < 1.29 is 14.3 Å². The summed E-state index contributed by atoms with van der Waals surface area (Å²) in [7, 11) is 1.57. The van der Waals surface area contributed by atoms with Crippen molar-refractivity contribution in [1.29, 1.82) is 0 Å². The largest absolute Gasteiger partial charge is 0.493 e. The van der Waals surface area contributed by atoms with Crippen LogP contribution in [-0.4, -0.2) is 36.2 Å². The van der Waals surface area contributed by atoms with Crippen LogP contribution in [0.3, 0.4) is 0 Å². The molecule has 2 aromatic carbocycles. The molecule has 0 aromatic heterocycles. The van der Waals surface area contributed by atoms with Crippen LogP contribution in [0.1, 0.15) is 25.0 Å². The minimum atomic E-state index is -0.0517. The van der Waals surface area contributed by atoms with Gasteiger partial charge in [0.25, 0.3) is 5.91 Å². The van der Waals surface area contributed by atoms with E-state index in [1.54, 1.807) is 18.1 Å². The molecule has 2 aromatic rings. The molecule has 1 aliphatic heterocycles. The maximum atomic E-state index is 12.7. The molecular formula is C22H23ClN2O3S. The number of aliphatic imine (C=N–C) groups is 1. The van der Waals surface area contributed by atoms with Gasteiger partial charge in [-0.15, -0.1) is 0 Å². The average Bonchev–Trinajstić information content (AvgIpc) is 3.02. The van der Waals surface area contributed by atoms with E-state index in [0.717, 1.165) is 16.3 Å². The van der Waals surface area contributed by atoms with Gasteiger partial charge in [0.05, 0.1) is 17.0 Å². The molecule has 1 heterocycles. The molecule has 7 heteroatoms. The summed E-state index contributed by atoms with van der Waals surface area (Å²) >= 11 is 7.85. The number of amidine groups is 1. The van der Waals surface area contributed by atoms with Crippen molar-refractivity contribution >= 4 is 40.5 Å². The standard InChI is InChI=1S/C22H23ClN2O3S/c1-4-24-22-25(5-2)21(26)19(29-22)13-16-11-17(23)20(18(12-16)27-3)28-14-15-9-7-6-8-10-15/h6-13H,4-5,14H2,1-3H3/b19-13+,24-22?. The first kappa shape index (κ1) is 21.3. The Kier molecular flexibility index (Phi) is 7.23. The fourth-order valence-electron chi connectivity index (χ4n) is 2.88. The van der Waals surface area contributed by atoms with E-state index in [0.29, 0.717) is 41.1 Å². The number of hydrogen-bond acceptors (Lipinski definition) is 5. The molecule has 0 aliphatic carbocycles. The van der Waals surface area contributed by atoms with Crippen LogP contribution >= 0.6 is 23.4 Å². The summed E-state index contributed by atoms with van der Waals surface area (Å²) in [5, 5.41) is 1.16.